The Morgan fingerprint density at radius 1 is 1.41 bits per heavy atom. The van der Waals surface area contributed by atoms with E-state index in [0.29, 0.717) is 5.41 Å². The smallest absolute Gasteiger partial charge is 0.0166 e. The molecular weight excluding hydrogens is 208 g/mol. The summed E-state index contributed by atoms with van der Waals surface area (Å²) in [7, 11) is 0. The SMILES string of the molecule is CC1=CCN(CC(C)(C)CNCC(C)C)CC1. The third-order valence-electron chi connectivity index (χ3n) is 3.33. The molecule has 0 amide bonds. The minimum Gasteiger partial charge on any atom is -0.316 e. The second-order valence-corrected chi connectivity index (χ2v) is 6.72. The number of rotatable bonds is 6. The van der Waals surface area contributed by atoms with Crippen LogP contribution in [0.3, 0.4) is 0 Å². The fourth-order valence-electron chi connectivity index (χ4n) is 2.32. The average molecular weight is 238 g/mol. The highest BCUT2D eigenvalue weighted by atomic mass is 15.1. The summed E-state index contributed by atoms with van der Waals surface area (Å²) in [4.78, 5) is 2.57. The van der Waals surface area contributed by atoms with Crippen LogP contribution >= 0.6 is 0 Å². The molecule has 17 heavy (non-hydrogen) atoms. The molecule has 100 valence electrons. The van der Waals surface area contributed by atoms with Crippen LogP contribution < -0.4 is 5.32 Å². The van der Waals surface area contributed by atoms with Crippen molar-refractivity contribution in [3.63, 3.8) is 0 Å². The predicted molar refractivity (Wildman–Crippen MR) is 76.3 cm³/mol. The van der Waals surface area contributed by atoms with Crippen LogP contribution in [-0.2, 0) is 0 Å². The van der Waals surface area contributed by atoms with Crippen molar-refractivity contribution in [1.82, 2.24) is 10.2 Å². The molecule has 0 aromatic heterocycles. The van der Waals surface area contributed by atoms with Gasteiger partial charge < -0.3 is 5.32 Å². The molecule has 0 aromatic carbocycles. The van der Waals surface area contributed by atoms with E-state index in [4.69, 9.17) is 0 Å². The maximum Gasteiger partial charge on any atom is 0.0166 e. The Morgan fingerprint density at radius 2 is 2.12 bits per heavy atom. The molecule has 0 aliphatic carbocycles. The Bertz CT molecular complexity index is 254. The summed E-state index contributed by atoms with van der Waals surface area (Å²) in [6, 6.07) is 0. The molecule has 1 N–H and O–H groups in total. The molecule has 2 nitrogen and oxygen atoms in total. The van der Waals surface area contributed by atoms with Gasteiger partial charge in [-0.1, -0.05) is 39.3 Å². The molecule has 1 aliphatic rings. The van der Waals surface area contributed by atoms with E-state index in [1.165, 1.54) is 19.5 Å². The zero-order chi connectivity index (χ0) is 12.9. The molecule has 2 heteroatoms. The summed E-state index contributed by atoms with van der Waals surface area (Å²) >= 11 is 0. The average Bonchev–Trinajstić information content (AvgIpc) is 2.20. The normalized spacial score (nSPS) is 18.6. The second-order valence-electron chi connectivity index (χ2n) is 6.72. The molecule has 1 heterocycles. The first-order chi connectivity index (χ1) is 7.89. The first-order valence-electron chi connectivity index (χ1n) is 6.98. The maximum atomic E-state index is 3.58. The molecule has 0 spiro atoms. The van der Waals surface area contributed by atoms with E-state index in [9.17, 15) is 0 Å². The van der Waals surface area contributed by atoms with Crippen molar-refractivity contribution in [2.45, 2.75) is 41.0 Å². The standard InChI is InChI=1S/C15H30N2/c1-13(2)10-16-11-15(4,5)12-17-8-6-14(3)7-9-17/h6,13,16H,7-12H2,1-5H3. The van der Waals surface area contributed by atoms with Crippen molar-refractivity contribution in [1.29, 1.82) is 0 Å². The summed E-state index contributed by atoms with van der Waals surface area (Å²) in [5, 5.41) is 3.58. The first kappa shape index (κ1) is 14.7. The molecule has 0 saturated heterocycles. The summed E-state index contributed by atoms with van der Waals surface area (Å²) < 4.78 is 0. The van der Waals surface area contributed by atoms with Gasteiger partial charge in [-0.15, -0.1) is 0 Å². The van der Waals surface area contributed by atoms with Crippen molar-refractivity contribution in [3.05, 3.63) is 11.6 Å². The Morgan fingerprint density at radius 3 is 2.65 bits per heavy atom. The molecule has 1 rings (SSSR count). The molecular formula is C15H30N2. The van der Waals surface area contributed by atoms with Crippen LogP contribution in [-0.4, -0.2) is 37.6 Å². The van der Waals surface area contributed by atoms with Gasteiger partial charge in [0.2, 0.25) is 0 Å². The van der Waals surface area contributed by atoms with E-state index in [0.717, 1.165) is 25.6 Å². The quantitative estimate of drug-likeness (QED) is 0.716. The van der Waals surface area contributed by atoms with Gasteiger partial charge in [-0.3, -0.25) is 4.90 Å². The van der Waals surface area contributed by atoms with Crippen molar-refractivity contribution < 1.29 is 0 Å². The third-order valence-corrected chi connectivity index (χ3v) is 3.33. The number of hydrogen-bond acceptors (Lipinski definition) is 2. The van der Waals surface area contributed by atoms with Gasteiger partial charge in [0.1, 0.15) is 0 Å². The van der Waals surface area contributed by atoms with Gasteiger partial charge in [-0.05, 0) is 31.2 Å². The van der Waals surface area contributed by atoms with E-state index in [1.54, 1.807) is 5.57 Å². The Balaban J connectivity index is 2.28. The number of nitrogens with one attached hydrogen (secondary N) is 1. The van der Waals surface area contributed by atoms with E-state index < -0.39 is 0 Å². The fraction of sp³-hybridized carbons (Fsp3) is 0.867. The van der Waals surface area contributed by atoms with Crippen LogP contribution in [0.15, 0.2) is 11.6 Å². The van der Waals surface area contributed by atoms with Crippen LogP contribution in [0, 0.1) is 11.3 Å². The second kappa shape index (κ2) is 6.55. The van der Waals surface area contributed by atoms with Gasteiger partial charge in [0, 0.05) is 26.2 Å². The van der Waals surface area contributed by atoms with Crippen LogP contribution in [0.5, 0.6) is 0 Å². The highest BCUT2D eigenvalue weighted by Crippen LogP contribution is 2.19. The number of nitrogens with zero attached hydrogens (tertiary/aromatic N) is 1. The van der Waals surface area contributed by atoms with Gasteiger partial charge in [0.25, 0.3) is 0 Å². The van der Waals surface area contributed by atoms with Gasteiger partial charge >= 0.3 is 0 Å². The van der Waals surface area contributed by atoms with Gasteiger partial charge in [-0.25, -0.2) is 0 Å². The van der Waals surface area contributed by atoms with E-state index >= 15 is 0 Å². The van der Waals surface area contributed by atoms with Crippen molar-refractivity contribution in [2.24, 2.45) is 11.3 Å². The lowest BCUT2D eigenvalue weighted by Gasteiger charge is -2.34. The minimum absolute atomic E-state index is 0.369. The molecule has 0 atom stereocenters. The van der Waals surface area contributed by atoms with Crippen molar-refractivity contribution in [3.8, 4) is 0 Å². The Kier molecular flexibility index (Phi) is 5.68. The zero-order valence-electron chi connectivity index (χ0n) is 12.3. The lowest BCUT2D eigenvalue weighted by Crippen LogP contribution is -2.42. The highest BCUT2D eigenvalue weighted by molar-refractivity contribution is 5.04. The zero-order valence-corrected chi connectivity index (χ0v) is 12.3. The number of hydrogen-bond donors (Lipinski definition) is 1. The molecule has 0 aromatic rings. The first-order valence-corrected chi connectivity index (χ1v) is 6.98. The third kappa shape index (κ3) is 6.23. The minimum atomic E-state index is 0.369. The monoisotopic (exact) mass is 238 g/mol. The highest BCUT2D eigenvalue weighted by Gasteiger charge is 2.22. The largest absolute Gasteiger partial charge is 0.316 e. The predicted octanol–water partition coefficient (Wildman–Crippen LogP) is 2.91. The Hall–Kier alpha value is -0.340. The van der Waals surface area contributed by atoms with Crippen LogP contribution in [0.1, 0.15) is 41.0 Å². The molecule has 0 radical (unpaired) electrons. The molecule has 0 saturated carbocycles. The topological polar surface area (TPSA) is 15.3 Å². The van der Waals surface area contributed by atoms with Crippen LogP contribution in [0.2, 0.25) is 0 Å². The van der Waals surface area contributed by atoms with E-state index in [2.05, 4.69) is 50.9 Å². The lowest BCUT2D eigenvalue weighted by molar-refractivity contribution is 0.183. The fourth-order valence-corrected chi connectivity index (χ4v) is 2.32. The van der Waals surface area contributed by atoms with Gasteiger partial charge in [-0.2, -0.15) is 0 Å². The summed E-state index contributed by atoms with van der Waals surface area (Å²) in [5.41, 5.74) is 1.92. The molecule has 0 bridgehead atoms. The van der Waals surface area contributed by atoms with E-state index in [1.807, 2.05) is 0 Å². The van der Waals surface area contributed by atoms with E-state index in [-0.39, 0.29) is 0 Å². The molecule has 0 fully saturated rings. The summed E-state index contributed by atoms with van der Waals surface area (Å²) in [5.74, 6) is 0.742. The van der Waals surface area contributed by atoms with Gasteiger partial charge in [0.05, 0.1) is 0 Å². The van der Waals surface area contributed by atoms with Crippen molar-refractivity contribution >= 4 is 0 Å². The van der Waals surface area contributed by atoms with Gasteiger partial charge in [0.15, 0.2) is 0 Å². The molecule has 0 unspecified atom stereocenters. The maximum absolute atomic E-state index is 3.58. The molecule has 1 aliphatic heterocycles. The van der Waals surface area contributed by atoms with Crippen molar-refractivity contribution in [2.75, 3.05) is 32.7 Å². The Labute approximate surface area is 107 Å². The van der Waals surface area contributed by atoms with Crippen LogP contribution in [0.4, 0.5) is 0 Å². The summed E-state index contributed by atoms with van der Waals surface area (Å²) in [6.07, 6.45) is 3.62. The lowest BCUT2D eigenvalue weighted by atomic mass is 9.91. The summed E-state index contributed by atoms with van der Waals surface area (Å²) in [6.45, 7) is 17.3. The van der Waals surface area contributed by atoms with Crippen LogP contribution in [0.25, 0.3) is 0 Å².